The molecule has 0 aliphatic heterocycles. The minimum atomic E-state index is 0.452. The van der Waals surface area contributed by atoms with Crippen LogP contribution in [-0.4, -0.2) is 24.8 Å². The number of ether oxygens (including phenoxy) is 2. The number of hydrogen-bond acceptors (Lipinski definition) is 4. The van der Waals surface area contributed by atoms with Gasteiger partial charge in [-0.1, -0.05) is 13.8 Å². The maximum Gasteiger partial charge on any atom is 0.214 e. The third-order valence-electron chi connectivity index (χ3n) is 1.99. The standard InChI is InChI=1S/C13H18N2O2/c1-10(2)9-16-4-5-17-13-7-12(8-14)6-11(3)15-13/h6-7,10H,4-5,9H2,1-3H3. The summed E-state index contributed by atoms with van der Waals surface area (Å²) in [5.74, 6) is 1.01. The molecule has 0 aliphatic rings. The molecular weight excluding hydrogens is 216 g/mol. The fourth-order valence-electron chi connectivity index (χ4n) is 1.30. The van der Waals surface area contributed by atoms with Crippen molar-refractivity contribution in [3.05, 3.63) is 23.4 Å². The zero-order valence-corrected chi connectivity index (χ0v) is 10.6. The van der Waals surface area contributed by atoms with Gasteiger partial charge in [-0.2, -0.15) is 5.26 Å². The lowest BCUT2D eigenvalue weighted by atomic mass is 10.2. The molecule has 1 aromatic rings. The summed E-state index contributed by atoms with van der Waals surface area (Å²) in [7, 11) is 0. The first-order valence-corrected chi connectivity index (χ1v) is 5.71. The van der Waals surface area contributed by atoms with Crippen molar-refractivity contribution in [1.82, 2.24) is 4.98 Å². The van der Waals surface area contributed by atoms with Crippen LogP contribution < -0.4 is 4.74 Å². The van der Waals surface area contributed by atoms with E-state index < -0.39 is 0 Å². The predicted octanol–water partition coefficient (Wildman–Crippen LogP) is 2.31. The second kappa shape index (κ2) is 6.87. The van der Waals surface area contributed by atoms with Gasteiger partial charge in [0.15, 0.2) is 0 Å². The summed E-state index contributed by atoms with van der Waals surface area (Å²) < 4.78 is 10.8. The first-order chi connectivity index (χ1) is 8.11. The van der Waals surface area contributed by atoms with E-state index in [1.165, 1.54) is 0 Å². The van der Waals surface area contributed by atoms with Crippen LogP contribution in [0.15, 0.2) is 12.1 Å². The van der Waals surface area contributed by atoms with Crippen LogP contribution in [0.4, 0.5) is 0 Å². The van der Waals surface area contributed by atoms with Gasteiger partial charge >= 0.3 is 0 Å². The molecule has 0 radical (unpaired) electrons. The molecule has 17 heavy (non-hydrogen) atoms. The largest absolute Gasteiger partial charge is 0.475 e. The van der Waals surface area contributed by atoms with E-state index in [1.807, 2.05) is 6.92 Å². The third-order valence-corrected chi connectivity index (χ3v) is 1.99. The molecule has 0 aliphatic carbocycles. The molecule has 0 unspecified atom stereocenters. The summed E-state index contributed by atoms with van der Waals surface area (Å²) in [5, 5.41) is 8.80. The van der Waals surface area contributed by atoms with E-state index in [0.717, 1.165) is 12.3 Å². The van der Waals surface area contributed by atoms with Crippen molar-refractivity contribution < 1.29 is 9.47 Å². The van der Waals surface area contributed by atoms with Crippen LogP contribution in [0.2, 0.25) is 0 Å². The van der Waals surface area contributed by atoms with Crippen molar-refractivity contribution >= 4 is 0 Å². The average molecular weight is 234 g/mol. The summed E-state index contributed by atoms with van der Waals surface area (Å²) >= 11 is 0. The molecule has 1 aromatic heterocycles. The highest BCUT2D eigenvalue weighted by atomic mass is 16.5. The lowest BCUT2D eigenvalue weighted by molar-refractivity contribution is 0.0806. The summed E-state index contributed by atoms with van der Waals surface area (Å²) in [6.07, 6.45) is 0. The average Bonchev–Trinajstić information content (AvgIpc) is 2.27. The van der Waals surface area contributed by atoms with Gasteiger partial charge in [0.2, 0.25) is 5.88 Å². The number of aromatic nitrogens is 1. The lowest BCUT2D eigenvalue weighted by Crippen LogP contribution is -2.11. The van der Waals surface area contributed by atoms with Crippen LogP contribution in [0, 0.1) is 24.2 Å². The topological polar surface area (TPSA) is 55.1 Å². The molecule has 0 saturated heterocycles. The minimum absolute atomic E-state index is 0.452. The van der Waals surface area contributed by atoms with E-state index in [4.69, 9.17) is 14.7 Å². The highest BCUT2D eigenvalue weighted by Crippen LogP contribution is 2.11. The second-order valence-corrected chi connectivity index (χ2v) is 4.26. The van der Waals surface area contributed by atoms with Crippen LogP contribution in [0.25, 0.3) is 0 Å². The summed E-state index contributed by atoms with van der Waals surface area (Å²) in [6.45, 7) is 7.76. The molecule has 0 bridgehead atoms. The number of nitrogens with zero attached hydrogens (tertiary/aromatic N) is 2. The molecular formula is C13H18N2O2. The van der Waals surface area contributed by atoms with Crippen LogP contribution in [-0.2, 0) is 4.74 Å². The molecule has 0 amide bonds. The van der Waals surface area contributed by atoms with E-state index >= 15 is 0 Å². The molecule has 1 heterocycles. The minimum Gasteiger partial charge on any atom is -0.475 e. The Hall–Kier alpha value is -1.60. The van der Waals surface area contributed by atoms with Crippen molar-refractivity contribution in [3.63, 3.8) is 0 Å². The highest BCUT2D eigenvalue weighted by molar-refractivity contribution is 5.33. The van der Waals surface area contributed by atoms with Gasteiger partial charge < -0.3 is 9.47 Å². The van der Waals surface area contributed by atoms with Crippen LogP contribution >= 0.6 is 0 Å². The first-order valence-electron chi connectivity index (χ1n) is 5.71. The zero-order valence-electron chi connectivity index (χ0n) is 10.6. The number of pyridine rings is 1. The Morgan fingerprint density at radius 1 is 1.35 bits per heavy atom. The van der Waals surface area contributed by atoms with Gasteiger partial charge in [-0.3, -0.25) is 0 Å². The van der Waals surface area contributed by atoms with Crippen molar-refractivity contribution in [3.8, 4) is 11.9 Å². The Morgan fingerprint density at radius 3 is 2.76 bits per heavy atom. The normalized spacial score (nSPS) is 10.3. The number of rotatable bonds is 6. The van der Waals surface area contributed by atoms with Crippen molar-refractivity contribution in [2.75, 3.05) is 19.8 Å². The maximum absolute atomic E-state index is 8.80. The molecule has 0 N–H and O–H groups in total. The lowest BCUT2D eigenvalue weighted by Gasteiger charge is -2.08. The van der Waals surface area contributed by atoms with Crippen LogP contribution in [0.3, 0.4) is 0 Å². The SMILES string of the molecule is Cc1cc(C#N)cc(OCCOCC(C)C)n1. The van der Waals surface area contributed by atoms with Gasteiger partial charge in [0, 0.05) is 18.4 Å². The molecule has 92 valence electrons. The van der Waals surface area contributed by atoms with Gasteiger partial charge in [0.25, 0.3) is 0 Å². The van der Waals surface area contributed by atoms with Crippen LogP contribution in [0.1, 0.15) is 25.1 Å². The zero-order chi connectivity index (χ0) is 12.7. The Morgan fingerprint density at radius 2 is 2.12 bits per heavy atom. The fourth-order valence-corrected chi connectivity index (χ4v) is 1.30. The molecule has 0 saturated carbocycles. The number of nitriles is 1. The van der Waals surface area contributed by atoms with E-state index in [-0.39, 0.29) is 0 Å². The van der Waals surface area contributed by atoms with Crippen molar-refractivity contribution in [2.45, 2.75) is 20.8 Å². The Kier molecular flexibility index (Phi) is 5.44. The van der Waals surface area contributed by atoms with Gasteiger partial charge in [-0.15, -0.1) is 0 Å². The number of hydrogen-bond donors (Lipinski definition) is 0. The first kappa shape index (κ1) is 13.5. The second-order valence-electron chi connectivity index (χ2n) is 4.26. The molecule has 0 atom stereocenters. The molecule has 0 fully saturated rings. The van der Waals surface area contributed by atoms with E-state index in [0.29, 0.717) is 30.6 Å². The number of aryl methyl sites for hydroxylation is 1. The monoisotopic (exact) mass is 234 g/mol. The molecule has 0 aromatic carbocycles. The molecule has 1 rings (SSSR count). The van der Waals surface area contributed by atoms with E-state index in [2.05, 4.69) is 24.9 Å². The van der Waals surface area contributed by atoms with Gasteiger partial charge in [0.05, 0.1) is 18.2 Å². The Bertz CT molecular complexity index is 397. The van der Waals surface area contributed by atoms with Crippen molar-refractivity contribution in [2.24, 2.45) is 5.92 Å². The molecule has 4 heteroatoms. The third kappa shape index (κ3) is 5.32. The maximum atomic E-state index is 8.80. The Labute approximate surface area is 102 Å². The Balaban J connectivity index is 2.37. The quantitative estimate of drug-likeness (QED) is 0.709. The summed E-state index contributed by atoms with van der Waals surface area (Å²) in [4.78, 5) is 4.19. The van der Waals surface area contributed by atoms with E-state index in [9.17, 15) is 0 Å². The van der Waals surface area contributed by atoms with E-state index in [1.54, 1.807) is 12.1 Å². The summed E-state index contributed by atoms with van der Waals surface area (Å²) in [6, 6.07) is 5.43. The predicted molar refractivity (Wildman–Crippen MR) is 64.8 cm³/mol. The van der Waals surface area contributed by atoms with Gasteiger partial charge in [-0.25, -0.2) is 4.98 Å². The smallest absolute Gasteiger partial charge is 0.214 e. The van der Waals surface area contributed by atoms with Crippen LogP contribution in [0.5, 0.6) is 5.88 Å². The highest BCUT2D eigenvalue weighted by Gasteiger charge is 2.01. The van der Waals surface area contributed by atoms with Crippen molar-refractivity contribution in [1.29, 1.82) is 5.26 Å². The van der Waals surface area contributed by atoms with Gasteiger partial charge in [0.1, 0.15) is 6.61 Å². The fraction of sp³-hybridized carbons (Fsp3) is 0.538. The molecule has 4 nitrogen and oxygen atoms in total. The molecule has 0 spiro atoms. The summed E-state index contributed by atoms with van der Waals surface area (Å²) in [5.41, 5.74) is 1.35. The van der Waals surface area contributed by atoms with Gasteiger partial charge in [-0.05, 0) is 18.9 Å².